The first-order valence-electron chi connectivity index (χ1n) is 9.37. The number of fused-ring (bicyclic) bond motifs is 1. The molecule has 0 saturated heterocycles. The second-order valence-corrected chi connectivity index (χ2v) is 8.50. The van der Waals surface area contributed by atoms with E-state index >= 15 is 0 Å². The molecule has 1 aliphatic heterocycles. The molecule has 0 radical (unpaired) electrons. The van der Waals surface area contributed by atoms with Crippen LogP contribution < -0.4 is 14.8 Å². The summed E-state index contributed by atoms with van der Waals surface area (Å²) in [7, 11) is 0. The van der Waals surface area contributed by atoms with Crippen molar-refractivity contribution in [3.8, 4) is 11.5 Å². The molecule has 3 heteroatoms. The molecule has 6 rings (SSSR count). The molecule has 4 bridgehead atoms. The zero-order valence-electron chi connectivity index (χ0n) is 13.9. The van der Waals surface area contributed by atoms with E-state index in [1.54, 1.807) is 0 Å². The Morgan fingerprint density at radius 3 is 2.26 bits per heavy atom. The van der Waals surface area contributed by atoms with Gasteiger partial charge in [-0.15, -0.1) is 0 Å². The third kappa shape index (κ3) is 2.63. The molecule has 0 amide bonds. The topological polar surface area (TPSA) is 30.5 Å². The van der Waals surface area contributed by atoms with Crippen molar-refractivity contribution in [2.24, 2.45) is 23.2 Å². The van der Waals surface area contributed by atoms with Crippen LogP contribution in [0.25, 0.3) is 0 Å². The molecule has 5 aliphatic rings. The van der Waals surface area contributed by atoms with Crippen LogP contribution in [0.5, 0.6) is 11.5 Å². The minimum atomic E-state index is 0.614. The molecule has 1 N–H and O–H groups in total. The van der Waals surface area contributed by atoms with Crippen LogP contribution in [-0.4, -0.2) is 19.8 Å². The molecule has 1 aromatic rings. The second-order valence-electron chi connectivity index (χ2n) is 8.50. The van der Waals surface area contributed by atoms with Crippen LogP contribution in [0.15, 0.2) is 18.2 Å². The van der Waals surface area contributed by atoms with Crippen LogP contribution in [0, 0.1) is 23.2 Å². The first kappa shape index (κ1) is 14.2. The van der Waals surface area contributed by atoms with Crippen molar-refractivity contribution in [1.29, 1.82) is 0 Å². The lowest BCUT2D eigenvalue weighted by atomic mass is 9.49. The molecule has 0 aromatic heterocycles. The van der Waals surface area contributed by atoms with Gasteiger partial charge in [0, 0.05) is 13.1 Å². The number of ether oxygens (including phenoxy) is 2. The van der Waals surface area contributed by atoms with Gasteiger partial charge in [0.05, 0.1) is 0 Å². The summed E-state index contributed by atoms with van der Waals surface area (Å²) in [5.74, 6) is 4.92. The maximum Gasteiger partial charge on any atom is 0.161 e. The summed E-state index contributed by atoms with van der Waals surface area (Å²) in [6, 6.07) is 6.36. The summed E-state index contributed by atoms with van der Waals surface area (Å²) in [5.41, 5.74) is 1.92. The second kappa shape index (κ2) is 5.41. The number of rotatable bonds is 4. The van der Waals surface area contributed by atoms with Gasteiger partial charge in [0.1, 0.15) is 13.2 Å². The van der Waals surface area contributed by atoms with E-state index < -0.39 is 0 Å². The Balaban J connectivity index is 1.22. The normalized spacial score (nSPS) is 37.1. The van der Waals surface area contributed by atoms with E-state index in [0.29, 0.717) is 18.6 Å². The summed E-state index contributed by atoms with van der Waals surface area (Å²) in [5, 5.41) is 3.77. The van der Waals surface area contributed by atoms with Crippen LogP contribution in [0.1, 0.15) is 44.1 Å². The van der Waals surface area contributed by atoms with Crippen molar-refractivity contribution in [2.45, 2.75) is 45.1 Å². The fourth-order valence-corrected chi connectivity index (χ4v) is 6.18. The summed E-state index contributed by atoms with van der Waals surface area (Å²) in [6.07, 6.45) is 9.03. The molecule has 3 nitrogen and oxygen atoms in total. The van der Waals surface area contributed by atoms with Gasteiger partial charge in [0.15, 0.2) is 11.5 Å². The maximum absolute atomic E-state index is 5.69. The molecule has 0 atom stereocenters. The Morgan fingerprint density at radius 2 is 1.57 bits per heavy atom. The lowest BCUT2D eigenvalue weighted by Gasteiger charge is -2.57. The minimum absolute atomic E-state index is 0.614. The average molecular weight is 313 g/mol. The van der Waals surface area contributed by atoms with E-state index in [1.807, 2.05) is 0 Å². The van der Waals surface area contributed by atoms with Crippen molar-refractivity contribution in [3.63, 3.8) is 0 Å². The largest absolute Gasteiger partial charge is 0.486 e. The molecular weight excluding hydrogens is 286 g/mol. The van der Waals surface area contributed by atoms with Gasteiger partial charge in [0.25, 0.3) is 0 Å². The smallest absolute Gasteiger partial charge is 0.161 e. The third-order valence-corrected chi connectivity index (χ3v) is 6.60. The Hall–Kier alpha value is -1.22. The predicted octanol–water partition coefficient (Wildman–Crippen LogP) is 3.76. The summed E-state index contributed by atoms with van der Waals surface area (Å²) in [4.78, 5) is 0. The summed E-state index contributed by atoms with van der Waals surface area (Å²) < 4.78 is 11.3. The molecular formula is C20H27NO2. The minimum Gasteiger partial charge on any atom is -0.486 e. The highest BCUT2D eigenvalue weighted by Crippen LogP contribution is 2.59. The van der Waals surface area contributed by atoms with Gasteiger partial charge in [-0.05, 0) is 79.4 Å². The van der Waals surface area contributed by atoms with E-state index in [2.05, 4.69) is 23.5 Å². The van der Waals surface area contributed by atoms with Crippen molar-refractivity contribution in [2.75, 3.05) is 19.8 Å². The maximum atomic E-state index is 5.69. The van der Waals surface area contributed by atoms with Crippen LogP contribution in [0.4, 0.5) is 0 Å². The molecule has 4 fully saturated rings. The van der Waals surface area contributed by atoms with E-state index in [0.717, 1.165) is 35.8 Å². The summed E-state index contributed by atoms with van der Waals surface area (Å²) in [6.45, 7) is 3.47. The van der Waals surface area contributed by atoms with Crippen molar-refractivity contribution in [3.05, 3.63) is 23.8 Å². The molecule has 0 spiro atoms. The van der Waals surface area contributed by atoms with Crippen LogP contribution >= 0.6 is 0 Å². The lowest BCUT2D eigenvalue weighted by molar-refractivity contribution is -0.0514. The van der Waals surface area contributed by atoms with Crippen LogP contribution in [-0.2, 0) is 6.54 Å². The Bertz CT molecular complexity index is 562. The number of nitrogens with one attached hydrogen (secondary N) is 1. The quantitative estimate of drug-likeness (QED) is 0.918. The van der Waals surface area contributed by atoms with Gasteiger partial charge in [0.2, 0.25) is 0 Å². The first-order chi connectivity index (χ1) is 11.3. The van der Waals surface area contributed by atoms with E-state index in [9.17, 15) is 0 Å². The van der Waals surface area contributed by atoms with E-state index in [-0.39, 0.29) is 0 Å². The Labute approximate surface area is 138 Å². The predicted molar refractivity (Wildman–Crippen MR) is 89.7 cm³/mol. The van der Waals surface area contributed by atoms with Gasteiger partial charge in [-0.1, -0.05) is 6.07 Å². The number of hydrogen-bond acceptors (Lipinski definition) is 3. The van der Waals surface area contributed by atoms with E-state index in [1.165, 1.54) is 50.6 Å². The monoisotopic (exact) mass is 313 g/mol. The molecule has 4 saturated carbocycles. The van der Waals surface area contributed by atoms with Gasteiger partial charge in [-0.2, -0.15) is 0 Å². The van der Waals surface area contributed by atoms with Crippen LogP contribution in [0.3, 0.4) is 0 Å². The first-order valence-corrected chi connectivity index (χ1v) is 9.37. The molecule has 23 heavy (non-hydrogen) atoms. The Morgan fingerprint density at radius 1 is 0.913 bits per heavy atom. The van der Waals surface area contributed by atoms with Gasteiger partial charge in [-0.25, -0.2) is 0 Å². The fourth-order valence-electron chi connectivity index (χ4n) is 6.18. The Kier molecular flexibility index (Phi) is 3.33. The standard InChI is InChI=1S/C20H27NO2/c1-2-18-19(23-4-3-22-18)8-14(1)12-21-13-20-9-15-5-16(10-20)7-17(6-15)11-20/h1-2,8,15-17,21H,3-7,9-13H2. The van der Waals surface area contributed by atoms with Crippen LogP contribution in [0.2, 0.25) is 0 Å². The highest BCUT2D eigenvalue weighted by molar-refractivity contribution is 5.43. The van der Waals surface area contributed by atoms with E-state index in [4.69, 9.17) is 9.47 Å². The molecule has 1 heterocycles. The fraction of sp³-hybridized carbons (Fsp3) is 0.700. The molecule has 124 valence electrons. The van der Waals surface area contributed by atoms with Gasteiger partial charge < -0.3 is 14.8 Å². The average Bonchev–Trinajstić information content (AvgIpc) is 2.53. The van der Waals surface area contributed by atoms with Crippen molar-refractivity contribution in [1.82, 2.24) is 5.32 Å². The molecule has 1 aromatic carbocycles. The number of hydrogen-bond donors (Lipinski definition) is 1. The highest BCUT2D eigenvalue weighted by atomic mass is 16.6. The van der Waals surface area contributed by atoms with Gasteiger partial charge >= 0.3 is 0 Å². The zero-order chi connectivity index (χ0) is 15.3. The van der Waals surface area contributed by atoms with Crippen molar-refractivity contribution < 1.29 is 9.47 Å². The highest BCUT2D eigenvalue weighted by Gasteiger charge is 2.50. The lowest BCUT2D eigenvalue weighted by Crippen LogP contribution is -2.50. The third-order valence-electron chi connectivity index (χ3n) is 6.60. The molecule has 4 aliphatic carbocycles. The molecule has 0 unspecified atom stereocenters. The SMILES string of the molecule is c1cc2c(cc1CNCC13CC4CC(CC(C4)C1)C3)OCCO2. The number of benzene rings is 1. The van der Waals surface area contributed by atoms with Gasteiger partial charge in [-0.3, -0.25) is 0 Å². The van der Waals surface area contributed by atoms with Crippen molar-refractivity contribution >= 4 is 0 Å². The zero-order valence-corrected chi connectivity index (χ0v) is 13.9. The summed E-state index contributed by atoms with van der Waals surface area (Å²) >= 11 is 0.